The molecule has 5 heteroatoms. The van der Waals surface area contributed by atoms with Crippen molar-refractivity contribution < 1.29 is 4.52 Å². The lowest BCUT2D eigenvalue weighted by atomic mass is 10.6. The van der Waals surface area contributed by atoms with Crippen molar-refractivity contribution in [3.8, 4) is 0 Å². The highest BCUT2D eigenvalue weighted by molar-refractivity contribution is 8.11. The third-order valence-electron chi connectivity index (χ3n) is 0.812. The van der Waals surface area contributed by atoms with Crippen molar-refractivity contribution in [3.05, 3.63) is 12.0 Å². The van der Waals surface area contributed by atoms with E-state index in [0.29, 0.717) is 0 Å². The Hall–Kier alpha value is -0.840. The molecule has 1 heterocycles. The Morgan fingerprint density at radius 3 is 3.40 bits per heavy atom. The van der Waals surface area contributed by atoms with E-state index in [1.54, 1.807) is 30.6 Å². The summed E-state index contributed by atoms with van der Waals surface area (Å²) in [6, 6.07) is 0. The van der Waals surface area contributed by atoms with Crippen LogP contribution in [0.1, 0.15) is 5.76 Å². The summed E-state index contributed by atoms with van der Waals surface area (Å²) >= 11 is 1.55. The highest BCUT2D eigenvalue weighted by atomic mass is 32.2. The third kappa shape index (κ3) is 2.18. The lowest BCUT2D eigenvalue weighted by molar-refractivity contribution is 0.372. The van der Waals surface area contributed by atoms with Crippen molar-refractivity contribution in [3.63, 3.8) is 0 Å². The van der Waals surface area contributed by atoms with Crippen molar-refractivity contribution in [1.29, 1.82) is 0 Å². The molecule has 1 rings (SSSR count). The molecule has 0 aliphatic rings. The van der Waals surface area contributed by atoms with Crippen LogP contribution in [-0.2, 0) is 5.75 Å². The second-order valence-electron chi connectivity index (χ2n) is 1.56. The summed E-state index contributed by atoms with van der Waals surface area (Å²) in [6.45, 7) is 0. The Bertz CT molecular complexity index is 197. The minimum absolute atomic E-state index is 0.740. The lowest BCUT2D eigenvalue weighted by Gasteiger charge is -1.84. The van der Waals surface area contributed by atoms with Gasteiger partial charge in [-0.25, -0.2) is 0 Å². The molecule has 0 atom stereocenters. The summed E-state index contributed by atoms with van der Waals surface area (Å²) in [5, 5.41) is 6.84. The number of aromatic nitrogens is 2. The molecule has 0 saturated carbocycles. The Morgan fingerprint density at radius 2 is 2.80 bits per heavy atom. The zero-order valence-corrected chi connectivity index (χ0v) is 6.34. The van der Waals surface area contributed by atoms with Crippen LogP contribution in [-0.4, -0.2) is 23.0 Å². The Balaban J connectivity index is 2.28. The van der Waals surface area contributed by atoms with E-state index in [0.717, 1.165) is 11.5 Å². The first-order valence-corrected chi connectivity index (χ1v) is 3.77. The summed E-state index contributed by atoms with van der Waals surface area (Å²) in [7, 11) is 1.73. The fourth-order valence-corrected chi connectivity index (χ4v) is 0.960. The minimum Gasteiger partial charge on any atom is -0.341 e. The molecule has 0 unspecified atom stereocenters. The van der Waals surface area contributed by atoms with Crippen molar-refractivity contribution in [2.45, 2.75) is 5.75 Å². The SMILES string of the molecule is CN=CSCc1cnno1. The maximum Gasteiger partial charge on any atom is 0.167 e. The first-order valence-electron chi connectivity index (χ1n) is 2.72. The van der Waals surface area contributed by atoms with Gasteiger partial charge in [-0.2, -0.15) is 0 Å². The Labute approximate surface area is 62.7 Å². The van der Waals surface area contributed by atoms with Crippen LogP contribution in [0.5, 0.6) is 0 Å². The van der Waals surface area contributed by atoms with Crippen LogP contribution in [0.2, 0.25) is 0 Å². The van der Waals surface area contributed by atoms with Crippen molar-refractivity contribution in [2.75, 3.05) is 7.05 Å². The van der Waals surface area contributed by atoms with Crippen LogP contribution in [0.3, 0.4) is 0 Å². The van der Waals surface area contributed by atoms with Crippen LogP contribution in [0, 0.1) is 0 Å². The molecule has 0 aliphatic heterocycles. The summed E-state index contributed by atoms with van der Waals surface area (Å²) < 4.78 is 4.74. The largest absolute Gasteiger partial charge is 0.341 e. The number of hydrogen-bond donors (Lipinski definition) is 0. The third-order valence-corrected chi connectivity index (χ3v) is 1.62. The van der Waals surface area contributed by atoms with Gasteiger partial charge >= 0.3 is 0 Å². The number of rotatable bonds is 3. The lowest BCUT2D eigenvalue weighted by Crippen LogP contribution is -1.73. The number of hydrogen-bond acceptors (Lipinski definition) is 5. The molecular formula is C5H7N3OS. The summed E-state index contributed by atoms with van der Waals surface area (Å²) in [5.74, 6) is 1.51. The molecule has 0 aliphatic carbocycles. The van der Waals surface area contributed by atoms with Gasteiger partial charge in [-0.15, -0.1) is 16.9 Å². The molecule has 0 saturated heterocycles. The summed E-state index contributed by atoms with van der Waals surface area (Å²) in [5.41, 5.74) is 1.75. The Morgan fingerprint density at radius 1 is 1.90 bits per heavy atom. The molecule has 4 nitrogen and oxygen atoms in total. The van der Waals surface area contributed by atoms with Gasteiger partial charge in [-0.05, 0) is 0 Å². The molecule has 0 aromatic carbocycles. The normalized spacial score (nSPS) is 10.9. The fourth-order valence-electron chi connectivity index (χ4n) is 0.445. The van der Waals surface area contributed by atoms with E-state index in [2.05, 4.69) is 15.4 Å². The first kappa shape index (κ1) is 7.27. The van der Waals surface area contributed by atoms with Crippen molar-refractivity contribution >= 4 is 17.3 Å². The molecule has 1 aromatic heterocycles. The van der Waals surface area contributed by atoms with E-state index in [1.165, 1.54) is 0 Å². The van der Waals surface area contributed by atoms with Crippen LogP contribution >= 0.6 is 11.8 Å². The maximum absolute atomic E-state index is 4.74. The quantitative estimate of drug-likeness (QED) is 0.484. The van der Waals surface area contributed by atoms with E-state index in [9.17, 15) is 0 Å². The molecule has 0 N–H and O–H groups in total. The first-order chi connectivity index (χ1) is 4.93. The monoisotopic (exact) mass is 157 g/mol. The second-order valence-corrected chi connectivity index (χ2v) is 2.39. The van der Waals surface area contributed by atoms with Crippen molar-refractivity contribution in [2.24, 2.45) is 4.99 Å². The predicted molar refractivity (Wildman–Crippen MR) is 40.0 cm³/mol. The fraction of sp³-hybridized carbons (Fsp3) is 0.400. The molecule has 10 heavy (non-hydrogen) atoms. The van der Waals surface area contributed by atoms with Crippen LogP contribution in [0.15, 0.2) is 15.7 Å². The average Bonchev–Trinajstić information content (AvgIpc) is 2.41. The van der Waals surface area contributed by atoms with Gasteiger partial charge in [-0.1, -0.05) is 0 Å². The maximum atomic E-state index is 4.74. The molecule has 0 radical (unpaired) electrons. The zero-order valence-electron chi connectivity index (χ0n) is 5.52. The molecule has 0 spiro atoms. The summed E-state index contributed by atoms with van der Waals surface area (Å²) in [4.78, 5) is 3.79. The number of aliphatic imine (C=N–C) groups is 1. The number of thioether (sulfide) groups is 1. The van der Waals surface area contributed by atoms with Crippen LogP contribution in [0.4, 0.5) is 0 Å². The Kier molecular flexibility index (Phi) is 2.95. The molecule has 1 aromatic rings. The van der Waals surface area contributed by atoms with E-state index >= 15 is 0 Å². The topological polar surface area (TPSA) is 51.3 Å². The summed E-state index contributed by atoms with van der Waals surface area (Å²) in [6.07, 6.45) is 1.59. The molecule has 0 bridgehead atoms. The van der Waals surface area contributed by atoms with E-state index in [4.69, 9.17) is 4.52 Å². The van der Waals surface area contributed by atoms with Crippen molar-refractivity contribution in [1.82, 2.24) is 10.4 Å². The number of nitrogens with zero attached hydrogens (tertiary/aromatic N) is 3. The predicted octanol–water partition coefficient (Wildman–Crippen LogP) is 0.961. The average molecular weight is 157 g/mol. The molecule has 0 fully saturated rings. The highest BCUT2D eigenvalue weighted by Crippen LogP contribution is 2.06. The molecule has 0 amide bonds. The molecule has 54 valence electrons. The second kappa shape index (κ2) is 4.05. The van der Waals surface area contributed by atoms with Crippen LogP contribution in [0.25, 0.3) is 0 Å². The zero-order chi connectivity index (χ0) is 7.23. The van der Waals surface area contributed by atoms with Gasteiger partial charge in [0, 0.05) is 12.3 Å². The minimum atomic E-state index is 0.740. The van der Waals surface area contributed by atoms with E-state index in [1.807, 2.05) is 0 Å². The highest BCUT2D eigenvalue weighted by Gasteiger charge is 1.94. The smallest absolute Gasteiger partial charge is 0.167 e. The van der Waals surface area contributed by atoms with Gasteiger partial charge in [0.15, 0.2) is 5.76 Å². The van der Waals surface area contributed by atoms with Gasteiger partial charge in [-0.3, -0.25) is 4.99 Å². The van der Waals surface area contributed by atoms with Gasteiger partial charge < -0.3 is 4.52 Å². The van der Waals surface area contributed by atoms with Gasteiger partial charge in [0.1, 0.15) is 0 Å². The van der Waals surface area contributed by atoms with Gasteiger partial charge in [0.2, 0.25) is 0 Å². The molecular weight excluding hydrogens is 150 g/mol. The standard InChI is InChI=1S/C5H7N3OS/c1-6-4-10-3-5-2-7-8-9-5/h2,4H,3H2,1H3. The van der Waals surface area contributed by atoms with E-state index in [-0.39, 0.29) is 0 Å². The van der Waals surface area contributed by atoms with Crippen LogP contribution < -0.4 is 0 Å². The van der Waals surface area contributed by atoms with E-state index < -0.39 is 0 Å². The van der Waals surface area contributed by atoms with Gasteiger partial charge in [0.05, 0.1) is 17.5 Å². The van der Waals surface area contributed by atoms with Gasteiger partial charge in [0.25, 0.3) is 0 Å².